The lowest BCUT2D eigenvalue weighted by Crippen LogP contribution is -2.51. The topological polar surface area (TPSA) is 97.2 Å². The number of carbonyl (C=O) groups is 1. The van der Waals surface area contributed by atoms with E-state index in [-0.39, 0.29) is 11.7 Å². The SMILES string of the molecule is CCS(=O)(=O)N1CCC(C(=O)Nc2ccc(-n3cccn3)nc2)(c2ccccc2)CC1. The first-order valence-corrected chi connectivity index (χ1v) is 11.9. The van der Waals surface area contributed by atoms with Crippen LogP contribution < -0.4 is 5.32 Å². The smallest absolute Gasteiger partial charge is 0.235 e. The molecule has 3 heterocycles. The fourth-order valence-electron chi connectivity index (χ4n) is 3.98. The Morgan fingerprint density at radius 3 is 2.42 bits per heavy atom. The molecule has 162 valence electrons. The van der Waals surface area contributed by atoms with Gasteiger partial charge in [-0.05, 0) is 43.5 Å². The van der Waals surface area contributed by atoms with Crippen molar-refractivity contribution in [2.75, 3.05) is 24.2 Å². The molecule has 1 N–H and O–H groups in total. The van der Waals surface area contributed by atoms with Crippen LogP contribution in [0.1, 0.15) is 25.3 Å². The number of amides is 1. The number of anilines is 1. The number of benzene rings is 1. The van der Waals surface area contributed by atoms with Crippen LogP contribution in [-0.2, 0) is 20.2 Å². The van der Waals surface area contributed by atoms with Gasteiger partial charge < -0.3 is 5.32 Å². The average Bonchev–Trinajstić information content (AvgIpc) is 3.35. The van der Waals surface area contributed by atoms with Crippen LogP contribution >= 0.6 is 0 Å². The molecular formula is C22H25N5O3S. The summed E-state index contributed by atoms with van der Waals surface area (Å²) in [7, 11) is -3.28. The molecule has 1 amide bonds. The van der Waals surface area contributed by atoms with E-state index in [9.17, 15) is 13.2 Å². The maximum Gasteiger partial charge on any atom is 0.235 e. The highest BCUT2D eigenvalue weighted by Gasteiger charge is 2.44. The van der Waals surface area contributed by atoms with Crippen molar-refractivity contribution in [3.8, 4) is 5.82 Å². The number of pyridine rings is 1. The first-order valence-electron chi connectivity index (χ1n) is 10.3. The molecule has 0 spiro atoms. The predicted octanol–water partition coefficient (Wildman–Crippen LogP) is 2.59. The molecule has 0 saturated carbocycles. The standard InChI is InChI=1S/C22H25N5O3S/c1-2-31(29,30)26-15-11-22(12-16-26,18-7-4-3-5-8-18)21(28)25-19-9-10-20(23-17-19)27-14-6-13-24-27/h3-10,13-14,17H,2,11-12,15-16H2,1H3,(H,25,28). The molecule has 3 aromatic rings. The molecule has 0 atom stereocenters. The highest BCUT2D eigenvalue weighted by molar-refractivity contribution is 7.89. The maximum atomic E-state index is 13.5. The van der Waals surface area contributed by atoms with E-state index in [1.54, 1.807) is 42.3 Å². The van der Waals surface area contributed by atoms with E-state index < -0.39 is 15.4 Å². The third-order valence-electron chi connectivity index (χ3n) is 5.84. The fourth-order valence-corrected chi connectivity index (χ4v) is 5.09. The number of nitrogens with one attached hydrogen (secondary N) is 1. The molecule has 8 nitrogen and oxygen atoms in total. The molecule has 31 heavy (non-hydrogen) atoms. The van der Waals surface area contributed by atoms with Crippen LogP contribution in [0, 0.1) is 0 Å². The lowest BCUT2D eigenvalue weighted by molar-refractivity contribution is -0.123. The van der Waals surface area contributed by atoms with Crippen molar-refractivity contribution in [3.63, 3.8) is 0 Å². The summed E-state index contributed by atoms with van der Waals surface area (Å²) in [6.07, 6.45) is 5.90. The van der Waals surface area contributed by atoms with Gasteiger partial charge in [-0.25, -0.2) is 22.4 Å². The number of carbonyl (C=O) groups excluding carboxylic acids is 1. The highest BCUT2D eigenvalue weighted by Crippen LogP contribution is 2.37. The van der Waals surface area contributed by atoms with Gasteiger partial charge in [0.25, 0.3) is 0 Å². The average molecular weight is 440 g/mol. The second-order valence-corrected chi connectivity index (χ2v) is 9.82. The Bertz CT molecular complexity index is 1120. The predicted molar refractivity (Wildman–Crippen MR) is 118 cm³/mol. The second-order valence-electron chi connectivity index (χ2n) is 7.56. The van der Waals surface area contributed by atoms with E-state index >= 15 is 0 Å². The Hall–Kier alpha value is -3.04. The zero-order valence-corrected chi connectivity index (χ0v) is 18.1. The summed E-state index contributed by atoms with van der Waals surface area (Å²) >= 11 is 0. The minimum absolute atomic E-state index is 0.0613. The number of sulfonamides is 1. The van der Waals surface area contributed by atoms with E-state index in [1.165, 1.54) is 4.31 Å². The van der Waals surface area contributed by atoms with Crippen molar-refractivity contribution in [2.24, 2.45) is 0 Å². The van der Waals surface area contributed by atoms with E-state index in [0.29, 0.717) is 37.4 Å². The monoisotopic (exact) mass is 439 g/mol. The summed E-state index contributed by atoms with van der Waals surface area (Å²) in [5.74, 6) is 0.561. The van der Waals surface area contributed by atoms with E-state index in [1.807, 2.05) is 36.4 Å². The van der Waals surface area contributed by atoms with Crippen LogP contribution in [0.3, 0.4) is 0 Å². The van der Waals surface area contributed by atoms with Crippen molar-refractivity contribution >= 4 is 21.6 Å². The van der Waals surface area contributed by atoms with Gasteiger partial charge in [-0.15, -0.1) is 0 Å². The van der Waals surface area contributed by atoms with Gasteiger partial charge in [0.1, 0.15) is 0 Å². The molecule has 0 radical (unpaired) electrons. The molecule has 1 fully saturated rings. The summed E-state index contributed by atoms with van der Waals surface area (Å²) < 4.78 is 27.7. The summed E-state index contributed by atoms with van der Waals surface area (Å²) in [5.41, 5.74) is 0.670. The second kappa shape index (κ2) is 8.60. The molecule has 4 rings (SSSR count). The van der Waals surface area contributed by atoms with Gasteiger partial charge >= 0.3 is 0 Å². The van der Waals surface area contributed by atoms with Crippen molar-refractivity contribution < 1.29 is 13.2 Å². The summed E-state index contributed by atoms with van der Waals surface area (Å²) in [6.45, 7) is 2.27. The van der Waals surface area contributed by atoms with Gasteiger partial charge in [-0.2, -0.15) is 5.10 Å². The quantitative estimate of drug-likeness (QED) is 0.637. The number of hydrogen-bond acceptors (Lipinski definition) is 5. The van der Waals surface area contributed by atoms with Crippen LogP contribution in [0.5, 0.6) is 0 Å². The lowest BCUT2D eigenvalue weighted by Gasteiger charge is -2.40. The first-order chi connectivity index (χ1) is 14.9. The van der Waals surface area contributed by atoms with Crippen molar-refractivity contribution in [1.82, 2.24) is 19.1 Å². The van der Waals surface area contributed by atoms with Gasteiger partial charge in [0.2, 0.25) is 15.9 Å². The van der Waals surface area contributed by atoms with Gasteiger partial charge in [-0.3, -0.25) is 4.79 Å². The Kier molecular flexibility index (Phi) is 5.88. The molecule has 0 unspecified atom stereocenters. The number of aromatic nitrogens is 3. The van der Waals surface area contributed by atoms with E-state index in [4.69, 9.17) is 0 Å². The normalized spacial score (nSPS) is 16.7. The Morgan fingerprint density at radius 1 is 1.10 bits per heavy atom. The molecule has 0 bridgehead atoms. The van der Waals surface area contributed by atoms with Crippen LogP contribution in [0.25, 0.3) is 5.82 Å². The Labute approximate surface area is 182 Å². The van der Waals surface area contributed by atoms with Crippen LogP contribution in [0.2, 0.25) is 0 Å². The van der Waals surface area contributed by atoms with Crippen molar-refractivity contribution in [2.45, 2.75) is 25.2 Å². The molecule has 2 aromatic heterocycles. The zero-order chi connectivity index (χ0) is 21.9. The summed E-state index contributed by atoms with van der Waals surface area (Å²) in [6, 6.07) is 15.0. The third kappa shape index (κ3) is 4.24. The molecule has 0 aliphatic carbocycles. The molecule has 1 aliphatic rings. The summed E-state index contributed by atoms with van der Waals surface area (Å²) in [5, 5.41) is 7.14. The van der Waals surface area contributed by atoms with Gasteiger partial charge in [-0.1, -0.05) is 30.3 Å². The maximum absolute atomic E-state index is 13.5. The zero-order valence-electron chi connectivity index (χ0n) is 17.3. The Morgan fingerprint density at radius 2 is 1.84 bits per heavy atom. The van der Waals surface area contributed by atoms with Crippen LogP contribution in [0.15, 0.2) is 67.1 Å². The highest BCUT2D eigenvalue weighted by atomic mass is 32.2. The third-order valence-corrected chi connectivity index (χ3v) is 7.72. The summed E-state index contributed by atoms with van der Waals surface area (Å²) in [4.78, 5) is 17.9. The van der Waals surface area contributed by atoms with E-state index in [0.717, 1.165) is 5.56 Å². The van der Waals surface area contributed by atoms with E-state index in [2.05, 4.69) is 15.4 Å². The molecule has 1 aliphatic heterocycles. The molecular weight excluding hydrogens is 414 g/mol. The minimum Gasteiger partial charge on any atom is -0.324 e. The van der Waals surface area contributed by atoms with Crippen molar-refractivity contribution in [3.05, 3.63) is 72.7 Å². The van der Waals surface area contributed by atoms with Gasteiger partial charge in [0.05, 0.1) is 23.1 Å². The van der Waals surface area contributed by atoms with Crippen LogP contribution in [-0.4, -0.2) is 52.2 Å². The number of rotatable bonds is 6. The lowest BCUT2D eigenvalue weighted by atomic mass is 9.72. The molecule has 9 heteroatoms. The number of nitrogens with zero attached hydrogens (tertiary/aromatic N) is 4. The van der Waals surface area contributed by atoms with Gasteiger partial charge in [0, 0.05) is 25.5 Å². The minimum atomic E-state index is -3.28. The number of piperidine rings is 1. The fraction of sp³-hybridized carbons (Fsp3) is 0.318. The first kappa shape index (κ1) is 21.2. The van der Waals surface area contributed by atoms with Crippen LogP contribution in [0.4, 0.5) is 5.69 Å². The molecule has 1 aromatic carbocycles. The Balaban J connectivity index is 1.57. The number of hydrogen-bond donors (Lipinski definition) is 1. The largest absolute Gasteiger partial charge is 0.324 e. The van der Waals surface area contributed by atoms with Gasteiger partial charge in [0.15, 0.2) is 5.82 Å². The molecule has 1 saturated heterocycles. The van der Waals surface area contributed by atoms with Crippen molar-refractivity contribution in [1.29, 1.82) is 0 Å².